The highest BCUT2D eigenvalue weighted by Crippen LogP contribution is 2.33. The number of carbonyl (C=O) groups is 1. The van der Waals surface area contributed by atoms with Crippen LogP contribution in [0.15, 0.2) is 18.2 Å². The number of hydrogen-bond acceptors (Lipinski definition) is 5. The first-order chi connectivity index (χ1) is 11.4. The lowest BCUT2D eigenvalue weighted by Gasteiger charge is -2.27. The number of nitrogens with one attached hydrogen (secondary N) is 1. The third-order valence-corrected chi connectivity index (χ3v) is 5.33. The van der Waals surface area contributed by atoms with Crippen LogP contribution < -0.4 is 19.1 Å². The average Bonchev–Trinajstić information content (AvgIpc) is 2.48. The fourth-order valence-electron chi connectivity index (χ4n) is 2.55. The molecule has 1 aliphatic rings. The first-order valence-corrected chi connectivity index (χ1v) is 9.69. The smallest absolute Gasteiger partial charge is 0.232 e. The summed E-state index contributed by atoms with van der Waals surface area (Å²) in [5.74, 6) is 1.04. The molecule has 134 valence electrons. The van der Waals surface area contributed by atoms with Crippen LogP contribution in [-0.4, -0.2) is 47.9 Å². The molecule has 8 heteroatoms. The van der Waals surface area contributed by atoms with Crippen molar-refractivity contribution in [1.82, 2.24) is 5.32 Å². The number of anilines is 1. The van der Waals surface area contributed by atoms with Gasteiger partial charge in [0.25, 0.3) is 0 Å². The van der Waals surface area contributed by atoms with E-state index < -0.39 is 10.0 Å². The Bertz CT molecular complexity index is 686. The molecule has 0 spiro atoms. The molecule has 1 saturated carbocycles. The summed E-state index contributed by atoms with van der Waals surface area (Å²) >= 11 is 0. The second kappa shape index (κ2) is 7.74. The highest BCUT2D eigenvalue weighted by molar-refractivity contribution is 7.92. The molecule has 0 radical (unpaired) electrons. The number of carbonyl (C=O) groups excluding carboxylic acids is 1. The number of amides is 1. The number of rotatable bonds is 8. The second-order valence-electron chi connectivity index (χ2n) is 5.79. The van der Waals surface area contributed by atoms with Crippen LogP contribution in [0.25, 0.3) is 0 Å². The summed E-state index contributed by atoms with van der Waals surface area (Å²) in [7, 11) is -0.523. The molecule has 0 aromatic heterocycles. The van der Waals surface area contributed by atoms with Gasteiger partial charge in [0, 0.05) is 18.5 Å². The van der Waals surface area contributed by atoms with Crippen molar-refractivity contribution in [3.63, 3.8) is 0 Å². The van der Waals surface area contributed by atoms with Gasteiger partial charge in [0.05, 0.1) is 32.7 Å². The minimum atomic E-state index is -3.52. The van der Waals surface area contributed by atoms with Gasteiger partial charge < -0.3 is 14.8 Å². The van der Waals surface area contributed by atoms with Crippen molar-refractivity contribution in [3.8, 4) is 11.5 Å². The summed E-state index contributed by atoms with van der Waals surface area (Å²) in [4.78, 5) is 11.9. The minimum absolute atomic E-state index is 0.00334. The molecule has 0 unspecified atom stereocenters. The van der Waals surface area contributed by atoms with Gasteiger partial charge in [-0.05, 0) is 25.0 Å². The van der Waals surface area contributed by atoms with E-state index in [4.69, 9.17) is 9.47 Å². The minimum Gasteiger partial charge on any atom is -0.497 e. The number of nitrogens with zero attached hydrogens (tertiary/aromatic N) is 1. The highest BCUT2D eigenvalue weighted by atomic mass is 32.2. The van der Waals surface area contributed by atoms with E-state index in [1.807, 2.05) is 0 Å². The van der Waals surface area contributed by atoms with Crippen molar-refractivity contribution >= 4 is 21.6 Å². The van der Waals surface area contributed by atoms with Crippen molar-refractivity contribution in [2.45, 2.75) is 19.3 Å². The van der Waals surface area contributed by atoms with Gasteiger partial charge in [-0.25, -0.2) is 8.42 Å². The van der Waals surface area contributed by atoms with Crippen LogP contribution in [0.4, 0.5) is 5.69 Å². The van der Waals surface area contributed by atoms with Crippen molar-refractivity contribution in [3.05, 3.63) is 18.2 Å². The van der Waals surface area contributed by atoms with E-state index in [2.05, 4.69) is 5.32 Å². The van der Waals surface area contributed by atoms with Crippen molar-refractivity contribution in [2.75, 3.05) is 37.9 Å². The predicted molar refractivity (Wildman–Crippen MR) is 92.1 cm³/mol. The molecule has 1 fully saturated rings. The zero-order chi connectivity index (χ0) is 17.7. The van der Waals surface area contributed by atoms with Crippen molar-refractivity contribution < 1.29 is 22.7 Å². The summed E-state index contributed by atoms with van der Waals surface area (Å²) in [6.45, 7) is 0.386. The number of methoxy groups -OCH3 is 2. The maximum Gasteiger partial charge on any atom is 0.232 e. The van der Waals surface area contributed by atoms with Gasteiger partial charge in [0.15, 0.2) is 0 Å². The molecule has 1 aromatic rings. The van der Waals surface area contributed by atoms with E-state index in [0.717, 1.165) is 25.5 Å². The lowest BCUT2D eigenvalue weighted by molar-refractivity contribution is -0.127. The average molecular weight is 356 g/mol. The number of hydrogen-bond donors (Lipinski definition) is 1. The number of benzene rings is 1. The van der Waals surface area contributed by atoms with Crippen LogP contribution in [0.3, 0.4) is 0 Å². The lowest BCUT2D eigenvalue weighted by Crippen LogP contribution is -2.41. The predicted octanol–water partition coefficient (Wildman–Crippen LogP) is 1.39. The molecule has 7 nitrogen and oxygen atoms in total. The van der Waals surface area contributed by atoms with Gasteiger partial charge in [0.2, 0.25) is 15.9 Å². The summed E-state index contributed by atoms with van der Waals surface area (Å²) in [6, 6.07) is 4.93. The Morgan fingerprint density at radius 2 is 2.00 bits per heavy atom. The highest BCUT2D eigenvalue weighted by Gasteiger charge is 2.26. The Hall–Kier alpha value is -1.96. The van der Waals surface area contributed by atoms with Crippen LogP contribution in [0.2, 0.25) is 0 Å². The standard InChI is InChI=1S/C16H24N2O5S/c1-22-13-7-8-14(15(11-13)23-2)18(24(3,20)21)10-9-17-16(19)12-5-4-6-12/h7-8,11-12H,4-6,9-10H2,1-3H3,(H,17,19). The molecule has 1 amide bonds. The van der Waals surface area contributed by atoms with Crippen molar-refractivity contribution in [1.29, 1.82) is 0 Å². The molecular formula is C16H24N2O5S. The van der Waals surface area contributed by atoms with Crippen LogP contribution in [-0.2, 0) is 14.8 Å². The Balaban J connectivity index is 2.12. The maximum atomic E-state index is 12.2. The maximum absolute atomic E-state index is 12.2. The molecule has 2 rings (SSSR count). The number of sulfonamides is 1. The van der Waals surface area contributed by atoms with Crippen LogP contribution in [0.5, 0.6) is 11.5 Å². The summed E-state index contributed by atoms with van der Waals surface area (Å²) in [5.41, 5.74) is 0.415. The summed E-state index contributed by atoms with van der Waals surface area (Å²) < 4.78 is 36.0. The first-order valence-electron chi connectivity index (χ1n) is 7.84. The summed E-state index contributed by atoms with van der Waals surface area (Å²) in [6.07, 6.45) is 4.03. The van der Waals surface area contributed by atoms with Gasteiger partial charge in [-0.3, -0.25) is 9.10 Å². The molecule has 0 aliphatic heterocycles. The third-order valence-electron chi connectivity index (χ3n) is 4.15. The van der Waals surface area contributed by atoms with Crippen LogP contribution in [0.1, 0.15) is 19.3 Å². The van der Waals surface area contributed by atoms with E-state index in [-0.39, 0.29) is 24.9 Å². The molecule has 0 atom stereocenters. The molecule has 24 heavy (non-hydrogen) atoms. The zero-order valence-electron chi connectivity index (χ0n) is 14.2. The van der Waals surface area contributed by atoms with Gasteiger partial charge in [-0.1, -0.05) is 6.42 Å². The SMILES string of the molecule is COc1ccc(N(CCNC(=O)C2CCC2)S(C)(=O)=O)c(OC)c1. The molecule has 1 aliphatic carbocycles. The van der Waals surface area contributed by atoms with E-state index in [0.29, 0.717) is 17.2 Å². The van der Waals surface area contributed by atoms with Gasteiger partial charge >= 0.3 is 0 Å². The Kier molecular flexibility index (Phi) is 5.93. The second-order valence-corrected chi connectivity index (χ2v) is 7.70. The molecule has 0 heterocycles. The Morgan fingerprint density at radius 1 is 1.29 bits per heavy atom. The summed E-state index contributed by atoms with van der Waals surface area (Å²) in [5, 5.41) is 2.81. The lowest BCUT2D eigenvalue weighted by atomic mass is 9.85. The van der Waals surface area contributed by atoms with Gasteiger partial charge in [-0.2, -0.15) is 0 Å². The third kappa shape index (κ3) is 4.31. The van der Waals surface area contributed by atoms with Crippen LogP contribution in [0, 0.1) is 5.92 Å². The van der Waals surface area contributed by atoms with E-state index in [1.165, 1.54) is 18.5 Å². The van der Waals surface area contributed by atoms with Gasteiger partial charge in [0.1, 0.15) is 11.5 Å². The molecule has 0 bridgehead atoms. The Labute approximate surface area is 143 Å². The zero-order valence-corrected chi connectivity index (χ0v) is 15.1. The topological polar surface area (TPSA) is 84.9 Å². The molecule has 1 N–H and O–H groups in total. The van der Waals surface area contributed by atoms with Crippen LogP contribution >= 0.6 is 0 Å². The van der Waals surface area contributed by atoms with E-state index in [1.54, 1.807) is 18.2 Å². The Morgan fingerprint density at radius 3 is 2.50 bits per heavy atom. The fraction of sp³-hybridized carbons (Fsp3) is 0.562. The molecular weight excluding hydrogens is 332 g/mol. The monoisotopic (exact) mass is 356 g/mol. The quantitative estimate of drug-likeness (QED) is 0.761. The number of ether oxygens (including phenoxy) is 2. The van der Waals surface area contributed by atoms with E-state index in [9.17, 15) is 13.2 Å². The fourth-order valence-corrected chi connectivity index (χ4v) is 3.48. The van der Waals surface area contributed by atoms with Gasteiger partial charge in [-0.15, -0.1) is 0 Å². The largest absolute Gasteiger partial charge is 0.497 e. The molecule has 1 aromatic carbocycles. The first kappa shape index (κ1) is 18.4. The normalized spacial score (nSPS) is 14.6. The van der Waals surface area contributed by atoms with E-state index >= 15 is 0 Å². The van der Waals surface area contributed by atoms with Crippen molar-refractivity contribution in [2.24, 2.45) is 5.92 Å². The molecule has 0 saturated heterocycles.